The van der Waals surface area contributed by atoms with E-state index in [4.69, 9.17) is 11.6 Å². The summed E-state index contributed by atoms with van der Waals surface area (Å²) < 4.78 is 37.4. The highest BCUT2D eigenvalue weighted by atomic mass is 35.5. The van der Waals surface area contributed by atoms with Gasteiger partial charge in [-0.15, -0.1) is 11.6 Å². The lowest BCUT2D eigenvalue weighted by Crippen LogP contribution is -2.05. The fraction of sp³-hybridized carbons (Fsp3) is 0.538. The van der Waals surface area contributed by atoms with Crippen molar-refractivity contribution in [2.24, 2.45) is 0 Å². The normalized spacial score (nSPS) is 13.7. The molecule has 0 fully saturated rings. The van der Waals surface area contributed by atoms with E-state index in [1.165, 1.54) is 12.1 Å². The molecule has 0 saturated heterocycles. The average molecular weight is 265 g/mol. The SMILES string of the molecule is CCC(Cl)CCCc1cccc(C(F)(F)F)c1. The van der Waals surface area contributed by atoms with Gasteiger partial charge in [-0.3, -0.25) is 0 Å². The van der Waals surface area contributed by atoms with E-state index in [0.717, 1.165) is 30.9 Å². The molecule has 1 aromatic carbocycles. The van der Waals surface area contributed by atoms with Gasteiger partial charge in [0.2, 0.25) is 0 Å². The van der Waals surface area contributed by atoms with Crippen LogP contribution in [0, 0.1) is 0 Å². The Balaban J connectivity index is 2.55. The van der Waals surface area contributed by atoms with Crippen LogP contribution in [0.4, 0.5) is 13.2 Å². The van der Waals surface area contributed by atoms with Gasteiger partial charge in [0.1, 0.15) is 0 Å². The Hall–Kier alpha value is -0.700. The standard InChI is InChI=1S/C13H16ClF3/c1-2-12(14)8-4-6-10-5-3-7-11(9-10)13(15,16)17/h3,5,7,9,12H,2,4,6,8H2,1H3. The van der Waals surface area contributed by atoms with Crippen LogP contribution in [0.15, 0.2) is 24.3 Å². The summed E-state index contributed by atoms with van der Waals surface area (Å²) >= 11 is 5.96. The predicted molar refractivity (Wildman–Crippen MR) is 64.3 cm³/mol. The number of aryl methyl sites for hydroxylation is 1. The fourth-order valence-corrected chi connectivity index (χ4v) is 1.79. The van der Waals surface area contributed by atoms with Gasteiger partial charge < -0.3 is 0 Å². The molecule has 0 aliphatic rings. The van der Waals surface area contributed by atoms with Crippen molar-refractivity contribution in [2.45, 2.75) is 44.2 Å². The van der Waals surface area contributed by atoms with Crippen LogP contribution in [-0.4, -0.2) is 5.38 Å². The molecular formula is C13H16ClF3. The van der Waals surface area contributed by atoms with Crippen molar-refractivity contribution in [3.63, 3.8) is 0 Å². The number of hydrogen-bond acceptors (Lipinski definition) is 0. The predicted octanol–water partition coefficient (Wildman–Crippen LogP) is 5.05. The highest BCUT2D eigenvalue weighted by Crippen LogP contribution is 2.29. The van der Waals surface area contributed by atoms with Crippen molar-refractivity contribution in [2.75, 3.05) is 0 Å². The highest BCUT2D eigenvalue weighted by Gasteiger charge is 2.30. The topological polar surface area (TPSA) is 0 Å². The van der Waals surface area contributed by atoms with Crippen molar-refractivity contribution >= 4 is 11.6 Å². The minimum absolute atomic E-state index is 0.126. The van der Waals surface area contributed by atoms with Gasteiger partial charge in [-0.1, -0.05) is 25.1 Å². The summed E-state index contributed by atoms with van der Waals surface area (Å²) in [4.78, 5) is 0. The second kappa shape index (κ2) is 6.29. The Kier molecular flexibility index (Phi) is 5.31. The molecule has 17 heavy (non-hydrogen) atoms. The van der Waals surface area contributed by atoms with Crippen molar-refractivity contribution < 1.29 is 13.2 Å². The lowest BCUT2D eigenvalue weighted by atomic mass is 10.0. The largest absolute Gasteiger partial charge is 0.416 e. The molecule has 0 N–H and O–H groups in total. The molecule has 0 nitrogen and oxygen atoms in total. The zero-order valence-electron chi connectivity index (χ0n) is 9.73. The number of halogens is 4. The van der Waals surface area contributed by atoms with Gasteiger partial charge in [0.05, 0.1) is 5.56 Å². The maximum Gasteiger partial charge on any atom is 0.416 e. The zero-order valence-corrected chi connectivity index (χ0v) is 10.5. The van der Waals surface area contributed by atoms with Gasteiger partial charge in [-0.25, -0.2) is 0 Å². The number of hydrogen-bond donors (Lipinski definition) is 0. The molecule has 96 valence electrons. The molecule has 0 spiro atoms. The smallest absolute Gasteiger partial charge is 0.166 e. The third-order valence-corrected chi connectivity index (χ3v) is 3.21. The summed E-state index contributed by atoms with van der Waals surface area (Å²) in [5.41, 5.74) is 0.146. The van der Waals surface area contributed by atoms with Gasteiger partial charge in [-0.05, 0) is 37.3 Å². The Morgan fingerprint density at radius 1 is 1.29 bits per heavy atom. The van der Waals surface area contributed by atoms with Crippen LogP contribution in [0.1, 0.15) is 37.3 Å². The molecule has 1 aromatic rings. The molecule has 1 rings (SSSR count). The van der Waals surface area contributed by atoms with Gasteiger partial charge in [0.15, 0.2) is 0 Å². The molecule has 1 atom stereocenters. The molecule has 1 unspecified atom stereocenters. The zero-order chi connectivity index (χ0) is 12.9. The van der Waals surface area contributed by atoms with Crippen LogP contribution in [-0.2, 0) is 12.6 Å². The summed E-state index contributed by atoms with van der Waals surface area (Å²) in [6, 6.07) is 5.50. The molecular weight excluding hydrogens is 249 g/mol. The van der Waals surface area contributed by atoms with Crippen molar-refractivity contribution in [1.82, 2.24) is 0 Å². The van der Waals surface area contributed by atoms with E-state index in [9.17, 15) is 13.2 Å². The van der Waals surface area contributed by atoms with E-state index in [1.54, 1.807) is 6.07 Å². The van der Waals surface area contributed by atoms with E-state index >= 15 is 0 Å². The summed E-state index contributed by atoms with van der Waals surface area (Å²) in [6.45, 7) is 2.00. The maximum atomic E-state index is 12.5. The minimum Gasteiger partial charge on any atom is -0.166 e. The van der Waals surface area contributed by atoms with E-state index in [0.29, 0.717) is 6.42 Å². The lowest BCUT2D eigenvalue weighted by molar-refractivity contribution is -0.137. The van der Waals surface area contributed by atoms with Crippen LogP contribution in [0.3, 0.4) is 0 Å². The quantitative estimate of drug-likeness (QED) is 0.653. The van der Waals surface area contributed by atoms with Crippen LogP contribution in [0.5, 0.6) is 0 Å². The van der Waals surface area contributed by atoms with Gasteiger partial charge in [0, 0.05) is 5.38 Å². The molecule has 0 aliphatic carbocycles. The third-order valence-electron chi connectivity index (χ3n) is 2.68. The van der Waals surface area contributed by atoms with Gasteiger partial charge in [0.25, 0.3) is 0 Å². The Morgan fingerprint density at radius 2 is 2.00 bits per heavy atom. The fourth-order valence-electron chi connectivity index (χ4n) is 1.63. The molecule has 0 radical (unpaired) electrons. The van der Waals surface area contributed by atoms with Crippen LogP contribution < -0.4 is 0 Å². The van der Waals surface area contributed by atoms with E-state index in [1.807, 2.05) is 6.92 Å². The summed E-state index contributed by atoms with van der Waals surface area (Å²) in [7, 11) is 0. The molecule has 0 heterocycles. The van der Waals surface area contributed by atoms with Crippen molar-refractivity contribution in [1.29, 1.82) is 0 Å². The Bertz CT molecular complexity index is 347. The first-order chi connectivity index (χ1) is 7.93. The molecule has 0 bridgehead atoms. The van der Waals surface area contributed by atoms with Crippen LogP contribution >= 0.6 is 11.6 Å². The van der Waals surface area contributed by atoms with E-state index in [2.05, 4.69) is 0 Å². The first kappa shape index (κ1) is 14.4. The molecule has 0 saturated carbocycles. The summed E-state index contributed by atoms with van der Waals surface area (Å²) in [5, 5.41) is 0.126. The number of alkyl halides is 4. The minimum atomic E-state index is -4.26. The Morgan fingerprint density at radius 3 is 2.59 bits per heavy atom. The van der Waals surface area contributed by atoms with Crippen molar-refractivity contribution in [3.8, 4) is 0 Å². The maximum absolute atomic E-state index is 12.5. The molecule has 0 aliphatic heterocycles. The van der Waals surface area contributed by atoms with Crippen molar-refractivity contribution in [3.05, 3.63) is 35.4 Å². The highest BCUT2D eigenvalue weighted by molar-refractivity contribution is 6.20. The monoisotopic (exact) mass is 264 g/mol. The van der Waals surface area contributed by atoms with Gasteiger partial charge >= 0.3 is 6.18 Å². The summed E-state index contributed by atoms with van der Waals surface area (Å²) in [5.74, 6) is 0. The van der Waals surface area contributed by atoms with Gasteiger partial charge in [-0.2, -0.15) is 13.2 Å². The van der Waals surface area contributed by atoms with Crippen LogP contribution in [0.25, 0.3) is 0 Å². The second-order valence-electron chi connectivity index (χ2n) is 4.10. The Labute approximate surface area is 105 Å². The first-order valence-corrected chi connectivity index (χ1v) is 6.17. The van der Waals surface area contributed by atoms with E-state index in [-0.39, 0.29) is 5.38 Å². The van der Waals surface area contributed by atoms with E-state index < -0.39 is 11.7 Å². The molecule has 0 aromatic heterocycles. The molecule has 0 amide bonds. The molecule has 4 heteroatoms. The number of benzene rings is 1. The number of rotatable bonds is 5. The third kappa shape index (κ3) is 4.99. The average Bonchev–Trinajstić information content (AvgIpc) is 2.28. The lowest BCUT2D eigenvalue weighted by Gasteiger charge is -2.09. The van der Waals surface area contributed by atoms with Crippen LogP contribution in [0.2, 0.25) is 0 Å². The summed E-state index contributed by atoms with van der Waals surface area (Å²) in [6.07, 6.45) is -1.05. The second-order valence-corrected chi connectivity index (χ2v) is 4.71. The first-order valence-electron chi connectivity index (χ1n) is 5.73.